The van der Waals surface area contributed by atoms with E-state index in [-0.39, 0.29) is 12.0 Å². The van der Waals surface area contributed by atoms with Gasteiger partial charge in [0.25, 0.3) is 5.91 Å². The van der Waals surface area contributed by atoms with E-state index in [1.807, 2.05) is 0 Å². The van der Waals surface area contributed by atoms with Crippen LogP contribution in [-0.2, 0) is 20.6 Å². The van der Waals surface area contributed by atoms with Crippen LogP contribution in [-0.4, -0.2) is 11.7 Å². The van der Waals surface area contributed by atoms with Crippen molar-refractivity contribution in [3.8, 4) is 0 Å². The maximum absolute atomic E-state index is 13.5. The number of aryl methyl sites for hydroxylation is 1. The lowest BCUT2D eigenvalue weighted by Gasteiger charge is -2.16. The molecule has 2 rings (SSSR count). The minimum Gasteiger partial charge on any atom is -0.319 e. The number of ketones is 1. The molecule has 4 nitrogen and oxygen atoms in total. The van der Waals surface area contributed by atoms with Crippen molar-refractivity contribution in [3.05, 3.63) is 29.1 Å². The molecule has 1 aliphatic rings. The van der Waals surface area contributed by atoms with Gasteiger partial charge in [0.05, 0.1) is 0 Å². The van der Waals surface area contributed by atoms with E-state index in [0.29, 0.717) is 11.3 Å². The first-order valence-corrected chi connectivity index (χ1v) is 9.33. The quantitative estimate of drug-likeness (QED) is 0.570. The molecule has 1 amide bonds. The topological polar surface area (TPSA) is 63.2 Å². The third kappa shape index (κ3) is 5.11. The van der Waals surface area contributed by atoms with Crippen LogP contribution in [0, 0.1) is 12.7 Å². The number of carbonyl (C=O) groups is 2. The summed E-state index contributed by atoms with van der Waals surface area (Å²) in [6, 6.07) is 3.18. The Hall–Kier alpha value is -0.610. The molecule has 0 bridgehead atoms. The molecule has 0 saturated carbocycles. The summed E-state index contributed by atoms with van der Waals surface area (Å²) in [4.78, 5) is 22.0. The zero-order valence-corrected chi connectivity index (χ0v) is 12.7. The molecule has 0 atom stereocenters. The Kier molecular flexibility index (Phi) is 5.39. The molecule has 1 heterocycles. The molecule has 0 saturated heterocycles. The van der Waals surface area contributed by atoms with Crippen LogP contribution in [0.1, 0.15) is 11.1 Å². The Morgan fingerprint density at radius 2 is 1.79 bits per heavy atom. The van der Waals surface area contributed by atoms with Gasteiger partial charge in [-0.1, -0.05) is 6.07 Å². The number of hydrogen-bond acceptors (Lipinski definition) is 3. The highest BCUT2D eigenvalue weighted by molar-refractivity contribution is 8.24. The van der Waals surface area contributed by atoms with E-state index in [1.165, 1.54) is 0 Å². The van der Waals surface area contributed by atoms with Crippen molar-refractivity contribution >= 4 is 56.3 Å². The van der Waals surface area contributed by atoms with Gasteiger partial charge in [0, 0.05) is 17.7 Å². The molecule has 104 valence electrons. The normalized spacial score (nSPS) is 14.2. The fourth-order valence-electron chi connectivity index (χ4n) is 1.46. The number of amides is 1. The van der Waals surface area contributed by atoms with Gasteiger partial charge in [-0.15, -0.1) is 0 Å². The van der Waals surface area contributed by atoms with Crippen molar-refractivity contribution in [3.63, 3.8) is 0 Å². The smallest absolute Gasteiger partial charge is 0.319 e. The van der Waals surface area contributed by atoms with Crippen molar-refractivity contribution in [2.45, 2.75) is 13.3 Å². The highest BCUT2D eigenvalue weighted by Crippen LogP contribution is 2.61. The van der Waals surface area contributed by atoms with E-state index in [0.717, 1.165) is 0 Å². The van der Waals surface area contributed by atoms with Gasteiger partial charge in [-0.3, -0.25) is 14.2 Å². The Bertz CT molecular complexity index is 579. The molecular weight excluding hydrogens is 338 g/mol. The van der Waals surface area contributed by atoms with Gasteiger partial charge < -0.3 is 5.32 Å². The first kappa shape index (κ1) is 16.4. The van der Waals surface area contributed by atoms with Crippen LogP contribution in [0.3, 0.4) is 0 Å². The number of fused-ring (bicyclic) bond motifs is 1. The van der Waals surface area contributed by atoms with Gasteiger partial charge in [-0.2, -0.15) is 0 Å². The predicted molar refractivity (Wildman–Crippen MR) is 73.6 cm³/mol. The van der Waals surface area contributed by atoms with Gasteiger partial charge in [0.1, 0.15) is 5.82 Å². The summed E-state index contributed by atoms with van der Waals surface area (Å²) < 4.78 is 23.0. The molecular formula is C10H8Cl3FNO3P. The number of anilines is 1. The van der Waals surface area contributed by atoms with Crippen LogP contribution in [0.4, 0.5) is 10.1 Å². The average Bonchev–Trinajstić information content (AvgIpc) is 2.25. The standard InChI is InChI=1S/C10H8FNO2.Cl3OP/c1-5-2-3-7-6(9(5)11)4-8(13)10(14)12-7;1-5(2,3)4/h2-3H,4H2,1H3,(H,12,14);. The Morgan fingerprint density at radius 3 is 2.32 bits per heavy atom. The highest BCUT2D eigenvalue weighted by atomic mass is 36.0. The molecule has 0 unspecified atom stereocenters. The lowest BCUT2D eigenvalue weighted by Crippen LogP contribution is -2.30. The molecule has 0 aromatic heterocycles. The summed E-state index contributed by atoms with van der Waals surface area (Å²) in [5, 5.41) is -0.873. The van der Waals surface area contributed by atoms with Crippen molar-refractivity contribution in [2.24, 2.45) is 0 Å². The van der Waals surface area contributed by atoms with Crippen LogP contribution in [0.2, 0.25) is 0 Å². The fraction of sp³-hybridized carbons (Fsp3) is 0.200. The molecule has 1 N–H and O–H groups in total. The van der Waals surface area contributed by atoms with Crippen LogP contribution >= 0.6 is 38.9 Å². The average molecular weight is 347 g/mol. The van der Waals surface area contributed by atoms with Crippen LogP contribution in [0.5, 0.6) is 0 Å². The summed E-state index contributed by atoms with van der Waals surface area (Å²) in [5.74, 6) is -1.67. The van der Waals surface area contributed by atoms with Crippen LogP contribution < -0.4 is 5.32 Å². The zero-order chi connectivity index (χ0) is 14.8. The zero-order valence-electron chi connectivity index (χ0n) is 9.55. The van der Waals surface area contributed by atoms with E-state index in [2.05, 4.69) is 39.0 Å². The van der Waals surface area contributed by atoms with Crippen molar-refractivity contribution in [2.75, 3.05) is 5.32 Å². The maximum Gasteiger partial charge on any atom is 0.339 e. The molecule has 9 heteroatoms. The summed E-state index contributed by atoms with van der Waals surface area (Å²) in [7, 11) is 0. The number of Topliss-reactive ketones (excluding diaryl/α,β-unsaturated/α-hetero) is 1. The highest BCUT2D eigenvalue weighted by Gasteiger charge is 2.25. The SMILES string of the molecule is Cc1ccc2c(c1F)CC(=O)C(=O)N2.O=P(Cl)(Cl)Cl. The monoisotopic (exact) mass is 345 g/mol. The van der Waals surface area contributed by atoms with Gasteiger partial charge in [0.15, 0.2) is 0 Å². The molecule has 0 spiro atoms. The Balaban J connectivity index is 0.000000312. The van der Waals surface area contributed by atoms with E-state index < -0.39 is 22.7 Å². The number of halogens is 4. The van der Waals surface area contributed by atoms with E-state index >= 15 is 0 Å². The minimum atomic E-state index is -3.22. The number of hydrogen-bond donors (Lipinski definition) is 1. The summed E-state index contributed by atoms with van der Waals surface area (Å²) in [6.45, 7) is 1.62. The molecule has 1 aliphatic heterocycles. The van der Waals surface area contributed by atoms with Gasteiger partial charge in [-0.25, -0.2) is 4.39 Å². The van der Waals surface area contributed by atoms with Crippen molar-refractivity contribution < 1.29 is 18.5 Å². The molecule has 0 radical (unpaired) electrons. The van der Waals surface area contributed by atoms with Crippen LogP contribution in [0.25, 0.3) is 0 Å². The lowest BCUT2D eigenvalue weighted by molar-refractivity contribution is -0.134. The van der Waals surface area contributed by atoms with Gasteiger partial charge in [-0.05, 0) is 52.3 Å². The number of nitrogens with one attached hydrogen (secondary N) is 1. The molecule has 0 aliphatic carbocycles. The fourth-order valence-corrected chi connectivity index (χ4v) is 1.46. The molecule has 1 aromatic carbocycles. The van der Waals surface area contributed by atoms with Gasteiger partial charge in [0.2, 0.25) is 5.78 Å². The Labute approximate surface area is 123 Å². The lowest BCUT2D eigenvalue weighted by atomic mass is 9.99. The Morgan fingerprint density at radius 1 is 1.26 bits per heavy atom. The largest absolute Gasteiger partial charge is 0.339 e. The minimum absolute atomic E-state index is 0.144. The second-order valence-corrected chi connectivity index (χ2v) is 10.3. The summed E-state index contributed by atoms with van der Waals surface area (Å²) >= 11 is 13.8. The van der Waals surface area contributed by atoms with E-state index in [1.54, 1.807) is 19.1 Å². The third-order valence-corrected chi connectivity index (χ3v) is 2.28. The first-order valence-electron chi connectivity index (χ1n) is 4.90. The predicted octanol–water partition coefficient (Wildman–Crippen LogP) is 4.01. The number of benzene rings is 1. The molecule has 1 aromatic rings. The second kappa shape index (κ2) is 6.23. The molecule has 0 fully saturated rings. The first-order chi connectivity index (χ1) is 8.59. The third-order valence-electron chi connectivity index (χ3n) is 2.28. The maximum atomic E-state index is 13.5. The second-order valence-electron chi connectivity index (χ2n) is 3.68. The summed E-state index contributed by atoms with van der Waals surface area (Å²) in [6.07, 6.45) is -0.144. The van der Waals surface area contributed by atoms with Crippen LogP contribution in [0.15, 0.2) is 12.1 Å². The van der Waals surface area contributed by atoms with Crippen molar-refractivity contribution in [1.29, 1.82) is 0 Å². The number of rotatable bonds is 0. The number of carbonyl (C=O) groups excluding carboxylic acids is 2. The van der Waals surface area contributed by atoms with Gasteiger partial charge >= 0.3 is 5.20 Å². The molecule has 19 heavy (non-hydrogen) atoms. The summed E-state index contributed by atoms with van der Waals surface area (Å²) in [5.41, 5.74) is 1.17. The van der Waals surface area contributed by atoms with E-state index in [9.17, 15) is 18.5 Å². The van der Waals surface area contributed by atoms with E-state index in [4.69, 9.17) is 0 Å². The van der Waals surface area contributed by atoms with Crippen molar-refractivity contribution in [1.82, 2.24) is 0 Å².